The molecule has 0 aliphatic heterocycles. The molecule has 2 aromatic heterocycles. The Morgan fingerprint density at radius 3 is 2.70 bits per heavy atom. The number of nitrogens with one attached hydrogen (secondary N) is 2. The molecule has 2 N–H and O–H groups in total. The predicted octanol–water partition coefficient (Wildman–Crippen LogP) is 2.31. The minimum absolute atomic E-state index is 0.135. The van der Waals surface area contributed by atoms with E-state index >= 15 is 0 Å². The first-order valence-electron chi connectivity index (χ1n) is 6.81. The number of aromatic amines is 1. The number of sulfonamides is 1. The quantitative estimate of drug-likeness (QED) is 0.602. The van der Waals surface area contributed by atoms with Gasteiger partial charge in [0, 0.05) is 11.6 Å². The second-order valence-electron chi connectivity index (χ2n) is 4.96. The number of aromatic nitrogens is 4. The Hall–Kier alpha value is -3.00. The Bertz CT molecular complexity index is 1120. The Kier molecular flexibility index (Phi) is 2.98. The lowest BCUT2D eigenvalue weighted by atomic mass is 10.2. The van der Waals surface area contributed by atoms with Crippen molar-refractivity contribution in [3.05, 3.63) is 54.7 Å². The van der Waals surface area contributed by atoms with Crippen LogP contribution in [0.2, 0.25) is 0 Å². The van der Waals surface area contributed by atoms with E-state index in [9.17, 15) is 8.42 Å². The topological polar surface area (TPSA) is 101 Å². The molecule has 0 bridgehead atoms. The van der Waals surface area contributed by atoms with Crippen LogP contribution >= 0.6 is 0 Å². The fourth-order valence-corrected chi connectivity index (χ4v) is 3.64. The largest absolute Gasteiger partial charge is 0.279 e. The van der Waals surface area contributed by atoms with Crippen molar-refractivity contribution in [2.45, 2.75) is 4.90 Å². The molecule has 4 rings (SSSR count). The van der Waals surface area contributed by atoms with Crippen LogP contribution in [-0.2, 0) is 10.0 Å². The molecule has 8 heteroatoms. The van der Waals surface area contributed by atoms with Gasteiger partial charge in [-0.1, -0.05) is 18.2 Å². The molecule has 0 radical (unpaired) electrons. The first-order valence-corrected chi connectivity index (χ1v) is 8.29. The third-order valence-electron chi connectivity index (χ3n) is 3.45. The van der Waals surface area contributed by atoms with Crippen molar-refractivity contribution in [3.63, 3.8) is 0 Å². The normalized spacial score (nSPS) is 11.8. The number of para-hydroxylation sites is 1. The zero-order chi connectivity index (χ0) is 15.9. The number of H-pyrrole nitrogens is 1. The van der Waals surface area contributed by atoms with Crippen LogP contribution in [0.1, 0.15) is 0 Å². The van der Waals surface area contributed by atoms with E-state index in [2.05, 4.69) is 25.1 Å². The van der Waals surface area contributed by atoms with Gasteiger partial charge in [-0.15, -0.1) is 0 Å². The second kappa shape index (κ2) is 5.03. The maximum Gasteiger partial charge on any atom is 0.264 e. The number of hydrogen-bond donors (Lipinski definition) is 2. The number of nitrogens with zero attached hydrogens (tertiary/aromatic N) is 3. The van der Waals surface area contributed by atoms with Gasteiger partial charge in [-0.25, -0.2) is 8.42 Å². The van der Waals surface area contributed by atoms with Crippen molar-refractivity contribution in [2.75, 3.05) is 4.72 Å². The maximum atomic E-state index is 12.7. The SMILES string of the molecule is O=S(=O)(Nc1ccc2n[nH]nc2c1)c1cccc2cccnc12. The van der Waals surface area contributed by atoms with E-state index in [4.69, 9.17) is 0 Å². The van der Waals surface area contributed by atoms with E-state index in [0.717, 1.165) is 5.39 Å². The Labute approximate surface area is 131 Å². The van der Waals surface area contributed by atoms with Crippen LogP contribution in [0.4, 0.5) is 5.69 Å². The van der Waals surface area contributed by atoms with Crippen LogP contribution in [0.5, 0.6) is 0 Å². The van der Waals surface area contributed by atoms with Gasteiger partial charge in [0.25, 0.3) is 10.0 Å². The highest BCUT2D eigenvalue weighted by molar-refractivity contribution is 7.93. The summed E-state index contributed by atoms with van der Waals surface area (Å²) in [6.45, 7) is 0. The molecule has 0 amide bonds. The smallest absolute Gasteiger partial charge is 0.264 e. The molecule has 0 saturated carbocycles. The lowest BCUT2D eigenvalue weighted by Gasteiger charge is -2.09. The molecule has 0 spiro atoms. The number of hydrogen-bond acceptors (Lipinski definition) is 5. The van der Waals surface area contributed by atoms with Crippen LogP contribution in [0.3, 0.4) is 0 Å². The molecule has 7 nitrogen and oxygen atoms in total. The average Bonchev–Trinajstić information content (AvgIpc) is 3.01. The molecule has 0 aliphatic rings. The first-order chi connectivity index (χ1) is 11.1. The van der Waals surface area contributed by atoms with E-state index in [-0.39, 0.29) is 4.90 Å². The Morgan fingerprint density at radius 2 is 1.78 bits per heavy atom. The summed E-state index contributed by atoms with van der Waals surface area (Å²) in [5, 5.41) is 11.1. The predicted molar refractivity (Wildman–Crippen MR) is 86.4 cm³/mol. The summed E-state index contributed by atoms with van der Waals surface area (Å²) < 4.78 is 27.9. The van der Waals surface area contributed by atoms with Crippen molar-refractivity contribution in [1.82, 2.24) is 20.4 Å². The molecular formula is C15H11N5O2S. The van der Waals surface area contributed by atoms with Gasteiger partial charge in [-0.2, -0.15) is 15.4 Å². The number of pyridine rings is 1. The molecule has 0 aliphatic carbocycles. The molecule has 0 fully saturated rings. The maximum absolute atomic E-state index is 12.7. The highest BCUT2D eigenvalue weighted by atomic mass is 32.2. The summed E-state index contributed by atoms with van der Waals surface area (Å²) in [5.41, 5.74) is 2.10. The van der Waals surface area contributed by atoms with E-state index in [1.54, 1.807) is 36.5 Å². The third-order valence-corrected chi connectivity index (χ3v) is 4.87. The number of fused-ring (bicyclic) bond motifs is 2. The molecular weight excluding hydrogens is 314 g/mol. The molecule has 0 saturated heterocycles. The van der Waals surface area contributed by atoms with Gasteiger partial charge in [0.1, 0.15) is 15.9 Å². The lowest BCUT2D eigenvalue weighted by molar-refractivity contribution is 0.602. The fourth-order valence-electron chi connectivity index (χ4n) is 2.41. The number of benzene rings is 2. The number of anilines is 1. The van der Waals surface area contributed by atoms with Gasteiger partial charge in [0.2, 0.25) is 0 Å². The van der Waals surface area contributed by atoms with Crippen molar-refractivity contribution in [3.8, 4) is 0 Å². The van der Waals surface area contributed by atoms with Crippen LogP contribution in [0.15, 0.2) is 59.6 Å². The zero-order valence-corrected chi connectivity index (χ0v) is 12.6. The summed E-state index contributed by atoms with van der Waals surface area (Å²) in [6, 6.07) is 13.6. The zero-order valence-electron chi connectivity index (χ0n) is 11.8. The van der Waals surface area contributed by atoms with E-state index in [1.807, 2.05) is 12.1 Å². The van der Waals surface area contributed by atoms with Crippen molar-refractivity contribution < 1.29 is 8.42 Å². The summed E-state index contributed by atoms with van der Waals surface area (Å²) in [4.78, 5) is 4.32. The van der Waals surface area contributed by atoms with Crippen LogP contribution in [0, 0.1) is 0 Å². The van der Waals surface area contributed by atoms with Gasteiger partial charge in [0.05, 0.1) is 11.2 Å². The number of rotatable bonds is 3. The minimum atomic E-state index is -3.76. The summed E-state index contributed by atoms with van der Waals surface area (Å²) >= 11 is 0. The average molecular weight is 325 g/mol. The van der Waals surface area contributed by atoms with Gasteiger partial charge >= 0.3 is 0 Å². The van der Waals surface area contributed by atoms with E-state index < -0.39 is 10.0 Å². The Balaban J connectivity index is 1.80. The molecule has 0 unspecified atom stereocenters. The van der Waals surface area contributed by atoms with Gasteiger partial charge in [0.15, 0.2) is 0 Å². The van der Waals surface area contributed by atoms with Gasteiger partial charge in [-0.3, -0.25) is 9.71 Å². The molecule has 114 valence electrons. The lowest BCUT2D eigenvalue weighted by Crippen LogP contribution is -2.13. The molecule has 2 heterocycles. The van der Waals surface area contributed by atoms with Crippen molar-refractivity contribution in [1.29, 1.82) is 0 Å². The monoisotopic (exact) mass is 325 g/mol. The van der Waals surface area contributed by atoms with E-state index in [0.29, 0.717) is 22.2 Å². The fraction of sp³-hybridized carbons (Fsp3) is 0. The summed E-state index contributed by atoms with van der Waals surface area (Å²) in [6.07, 6.45) is 1.57. The molecule has 0 atom stereocenters. The molecule has 4 aromatic rings. The van der Waals surface area contributed by atoms with Crippen LogP contribution in [0.25, 0.3) is 21.9 Å². The van der Waals surface area contributed by atoms with Gasteiger partial charge < -0.3 is 0 Å². The van der Waals surface area contributed by atoms with E-state index in [1.165, 1.54) is 6.07 Å². The van der Waals surface area contributed by atoms with Crippen LogP contribution < -0.4 is 4.72 Å². The third kappa shape index (κ3) is 2.38. The second-order valence-corrected chi connectivity index (χ2v) is 6.61. The first kappa shape index (κ1) is 13.6. The molecule has 23 heavy (non-hydrogen) atoms. The van der Waals surface area contributed by atoms with Crippen LogP contribution in [-0.4, -0.2) is 28.8 Å². The summed E-state index contributed by atoms with van der Waals surface area (Å²) in [5.74, 6) is 0. The van der Waals surface area contributed by atoms with Crippen molar-refractivity contribution >= 4 is 37.6 Å². The Morgan fingerprint density at radius 1 is 0.957 bits per heavy atom. The van der Waals surface area contributed by atoms with Gasteiger partial charge in [-0.05, 0) is 30.3 Å². The highest BCUT2D eigenvalue weighted by Gasteiger charge is 2.18. The minimum Gasteiger partial charge on any atom is -0.279 e. The molecule has 2 aromatic carbocycles. The van der Waals surface area contributed by atoms with Crippen molar-refractivity contribution in [2.24, 2.45) is 0 Å². The highest BCUT2D eigenvalue weighted by Crippen LogP contribution is 2.24. The standard InChI is InChI=1S/C15H11N5O2S/c21-23(22,14-5-1-3-10-4-2-8-16-15(10)14)19-11-6-7-12-13(9-11)18-20-17-12/h1-9,19H,(H,17,18,20). The summed E-state index contributed by atoms with van der Waals surface area (Å²) in [7, 11) is -3.76.